The molecule has 1 atom stereocenters. The molecule has 1 N–H and O–H groups in total. The maximum absolute atomic E-state index is 13.2. The number of hydrogen-bond acceptors (Lipinski definition) is 8. The number of esters is 1. The molecule has 0 bridgehead atoms. The minimum atomic E-state index is -1.86. The Morgan fingerprint density at radius 2 is 2.06 bits per heavy atom. The fraction of sp³-hybridized carbons (Fsp3) is 0.360. The Balaban J connectivity index is 1.52. The van der Waals surface area contributed by atoms with E-state index in [-0.39, 0.29) is 29.7 Å². The van der Waals surface area contributed by atoms with E-state index in [4.69, 9.17) is 19.2 Å². The number of rotatable bonds is 5. The molecule has 2 aromatic heterocycles. The Morgan fingerprint density at radius 1 is 1.24 bits per heavy atom. The van der Waals surface area contributed by atoms with Crippen LogP contribution in [-0.2, 0) is 33.0 Å². The van der Waals surface area contributed by atoms with Gasteiger partial charge in [0, 0.05) is 16.5 Å². The lowest BCUT2D eigenvalue weighted by atomic mass is 9.86. The number of pyridine rings is 2. The molecule has 4 heterocycles. The zero-order valence-electron chi connectivity index (χ0n) is 18.9. The summed E-state index contributed by atoms with van der Waals surface area (Å²) in [5.41, 5.74) is 0.994. The summed E-state index contributed by atoms with van der Waals surface area (Å²) in [6.45, 7) is 4.10. The quantitative estimate of drug-likeness (QED) is 0.271. The number of carbonyl (C=O) groups is 2. The van der Waals surface area contributed by atoms with Crippen molar-refractivity contribution >= 4 is 23.0 Å². The van der Waals surface area contributed by atoms with Gasteiger partial charge in [0.25, 0.3) is 5.56 Å². The van der Waals surface area contributed by atoms with Gasteiger partial charge in [0.2, 0.25) is 0 Å². The molecule has 2 aliphatic rings. The molecule has 9 heteroatoms. The third-order valence-electron chi connectivity index (χ3n) is 6.40. The minimum absolute atomic E-state index is 0.0867. The second-order valence-corrected chi connectivity index (χ2v) is 8.51. The molecule has 34 heavy (non-hydrogen) atoms. The van der Waals surface area contributed by atoms with Crippen LogP contribution >= 0.6 is 0 Å². The van der Waals surface area contributed by atoms with Gasteiger partial charge < -0.3 is 23.9 Å². The smallest absolute Gasteiger partial charge is 0.458 e. The summed E-state index contributed by atoms with van der Waals surface area (Å²) in [6.07, 6.45) is 1.01. The first-order valence-corrected chi connectivity index (χ1v) is 11.3. The molecule has 3 aromatic rings. The van der Waals surface area contributed by atoms with Crippen molar-refractivity contribution < 1.29 is 28.9 Å². The number of nitrogens with zero attached hydrogens (tertiary/aromatic N) is 2. The van der Waals surface area contributed by atoms with Crippen molar-refractivity contribution in [2.24, 2.45) is 0 Å². The summed E-state index contributed by atoms with van der Waals surface area (Å²) >= 11 is 0. The van der Waals surface area contributed by atoms with Crippen molar-refractivity contribution in [2.45, 2.75) is 51.9 Å². The monoisotopic (exact) mass is 464 g/mol. The first kappa shape index (κ1) is 22.1. The first-order chi connectivity index (χ1) is 16.4. The molecule has 0 radical (unpaired) electrons. The van der Waals surface area contributed by atoms with E-state index < -0.39 is 17.7 Å². The second kappa shape index (κ2) is 8.25. The van der Waals surface area contributed by atoms with Gasteiger partial charge in [0.1, 0.15) is 12.4 Å². The average molecular weight is 464 g/mol. The molecule has 5 rings (SSSR count). The van der Waals surface area contributed by atoms with Crippen LogP contribution in [0.4, 0.5) is 4.79 Å². The van der Waals surface area contributed by atoms with Crippen molar-refractivity contribution in [3.8, 4) is 17.1 Å². The number of aromatic nitrogens is 2. The third-order valence-corrected chi connectivity index (χ3v) is 6.40. The zero-order valence-corrected chi connectivity index (χ0v) is 18.9. The molecule has 9 nitrogen and oxygen atoms in total. The molecule has 0 spiro atoms. The predicted molar refractivity (Wildman–Crippen MR) is 121 cm³/mol. The summed E-state index contributed by atoms with van der Waals surface area (Å²) in [4.78, 5) is 42.1. The van der Waals surface area contributed by atoms with Gasteiger partial charge in [-0.1, -0.05) is 20.3 Å². The van der Waals surface area contributed by atoms with Crippen molar-refractivity contribution in [3.63, 3.8) is 0 Å². The lowest BCUT2D eigenvalue weighted by Gasteiger charge is -2.31. The van der Waals surface area contributed by atoms with Crippen molar-refractivity contribution in [1.82, 2.24) is 9.55 Å². The van der Waals surface area contributed by atoms with Crippen LogP contribution in [0.3, 0.4) is 0 Å². The summed E-state index contributed by atoms with van der Waals surface area (Å²) in [5.74, 6) is -0.417. The van der Waals surface area contributed by atoms with Crippen LogP contribution in [0.1, 0.15) is 49.8 Å². The molecule has 1 aromatic carbocycles. The van der Waals surface area contributed by atoms with Crippen LogP contribution in [0, 0.1) is 0 Å². The van der Waals surface area contributed by atoms with E-state index in [0.29, 0.717) is 35.8 Å². The summed E-state index contributed by atoms with van der Waals surface area (Å²) in [7, 11) is 0. The molecule has 2 aliphatic heterocycles. The summed E-state index contributed by atoms with van der Waals surface area (Å²) in [6, 6.07) is 8.62. The average Bonchev–Trinajstić information content (AvgIpc) is 3.18. The van der Waals surface area contributed by atoms with Gasteiger partial charge in [-0.15, -0.1) is 0 Å². The number of cyclic esters (lactones) is 1. The Bertz CT molecular complexity index is 1390. The maximum atomic E-state index is 13.2. The maximum Gasteiger partial charge on any atom is 0.513 e. The zero-order chi connectivity index (χ0) is 24.0. The Kier molecular flexibility index (Phi) is 5.36. The van der Waals surface area contributed by atoms with Crippen LogP contribution < -0.4 is 10.3 Å². The van der Waals surface area contributed by atoms with Crippen LogP contribution in [-0.4, -0.2) is 33.4 Å². The van der Waals surface area contributed by atoms with Gasteiger partial charge in [-0.2, -0.15) is 0 Å². The van der Waals surface area contributed by atoms with Gasteiger partial charge >= 0.3 is 12.1 Å². The van der Waals surface area contributed by atoms with Gasteiger partial charge in [-0.25, -0.2) is 14.6 Å². The van der Waals surface area contributed by atoms with E-state index in [1.807, 2.05) is 13.0 Å². The lowest BCUT2D eigenvalue weighted by molar-refractivity contribution is -0.172. The van der Waals surface area contributed by atoms with Crippen LogP contribution in [0.2, 0.25) is 0 Å². The number of aliphatic hydroxyl groups is 1. The number of ether oxygens (including phenoxy) is 3. The van der Waals surface area contributed by atoms with Crippen LogP contribution in [0.5, 0.6) is 5.75 Å². The molecular formula is C25H24N2O7. The van der Waals surface area contributed by atoms with Gasteiger partial charge in [-0.3, -0.25) is 4.79 Å². The van der Waals surface area contributed by atoms with Gasteiger partial charge in [-0.05, 0) is 43.2 Å². The molecule has 176 valence electrons. The SMILES string of the molecule is CCCCOC(=O)Oc1ccc2nc3c(cc2c1)Cn1c-3cc2c(c1=O)COC(=O)[C@]2(O)CC. The van der Waals surface area contributed by atoms with E-state index >= 15 is 0 Å². The number of unbranched alkanes of at least 4 members (excludes halogenated alkanes) is 1. The Hall–Kier alpha value is -3.72. The van der Waals surface area contributed by atoms with Crippen molar-refractivity contribution in [2.75, 3.05) is 6.61 Å². The Morgan fingerprint density at radius 3 is 2.82 bits per heavy atom. The van der Waals surface area contributed by atoms with Crippen LogP contribution in [0.15, 0.2) is 35.1 Å². The van der Waals surface area contributed by atoms with E-state index in [1.54, 1.807) is 35.8 Å². The first-order valence-electron chi connectivity index (χ1n) is 11.3. The van der Waals surface area contributed by atoms with Gasteiger partial charge in [0.05, 0.1) is 35.6 Å². The topological polar surface area (TPSA) is 117 Å². The molecule has 0 saturated heterocycles. The largest absolute Gasteiger partial charge is 0.513 e. The van der Waals surface area contributed by atoms with E-state index in [1.165, 1.54) is 0 Å². The van der Waals surface area contributed by atoms with Crippen LogP contribution in [0.25, 0.3) is 22.3 Å². The predicted octanol–water partition coefficient (Wildman–Crippen LogP) is 3.40. The standard InChI is InChI=1S/C25H24N2O7/c1-3-5-8-32-24(30)34-16-6-7-19-14(10-16)9-15-12-27-20(21(15)26-19)11-18-17(22(27)28)13-33-23(29)25(18,31)4-2/h6-7,9-11,31H,3-5,8,12-13H2,1-2H3/t25-/m0/s1. The highest BCUT2D eigenvalue weighted by atomic mass is 16.7. The van der Waals surface area contributed by atoms with E-state index in [9.17, 15) is 19.5 Å². The lowest BCUT2D eigenvalue weighted by Crippen LogP contribution is -2.44. The van der Waals surface area contributed by atoms with E-state index in [2.05, 4.69) is 0 Å². The highest BCUT2D eigenvalue weighted by Gasteiger charge is 2.45. The third kappa shape index (κ3) is 3.43. The highest BCUT2D eigenvalue weighted by Crippen LogP contribution is 2.38. The number of benzene rings is 1. The fourth-order valence-electron chi connectivity index (χ4n) is 4.45. The number of fused-ring (bicyclic) bond motifs is 5. The number of hydrogen-bond donors (Lipinski definition) is 1. The summed E-state index contributed by atoms with van der Waals surface area (Å²) in [5, 5.41) is 11.7. The minimum Gasteiger partial charge on any atom is -0.458 e. The molecular weight excluding hydrogens is 440 g/mol. The highest BCUT2D eigenvalue weighted by molar-refractivity contribution is 5.87. The van der Waals surface area contributed by atoms with Crippen molar-refractivity contribution in [1.29, 1.82) is 0 Å². The molecule has 0 saturated carbocycles. The normalized spacial score (nSPS) is 18.1. The molecule has 0 unspecified atom stereocenters. The summed E-state index contributed by atoms with van der Waals surface area (Å²) < 4.78 is 17.0. The molecule has 0 amide bonds. The molecule has 0 aliphatic carbocycles. The second-order valence-electron chi connectivity index (χ2n) is 8.51. The molecule has 0 fully saturated rings. The van der Waals surface area contributed by atoms with Crippen molar-refractivity contribution in [3.05, 3.63) is 57.4 Å². The fourth-order valence-corrected chi connectivity index (χ4v) is 4.45. The van der Waals surface area contributed by atoms with Gasteiger partial charge in [0.15, 0.2) is 5.60 Å². The Labute approximate surface area is 194 Å². The van der Waals surface area contributed by atoms with E-state index in [0.717, 1.165) is 23.8 Å². The number of carbonyl (C=O) groups excluding carboxylic acids is 2.